The van der Waals surface area contributed by atoms with Gasteiger partial charge >= 0.3 is 0 Å². The van der Waals surface area contributed by atoms with Crippen LogP contribution in [0.15, 0.2) is 54.7 Å². The van der Waals surface area contributed by atoms with Crippen molar-refractivity contribution in [3.63, 3.8) is 0 Å². The largest absolute Gasteiger partial charge is 0.360 e. The van der Waals surface area contributed by atoms with E-state index in [1.165, 1.54) is 5.56 Å². The highest BCUT2D eigenvalue weighted by molar-refractivity contribution is 6.08. The number of aromatic nitrogens is 1. The summed E-state index contributed by atoms with van der Waals surface area (Å²) in [5.74, 6) is 0.555. The predicted octanol–water partition coefficient (Wildman–Crippen LogP) is 3.29. The minimum absolute atomic E-state index is 0.0370. The Morgan fingerprint density at radius 3 is 2.58 bits per heavy atom. The minimum Gasteiger partial charge on any atom is -0.360 e. The van der Waals surface area contributed by atoms with Crippen LogP contribution in [0.3, 0.4) is 0 Å². The van der Waals surface area contributed by atoms with E-state index in [1.54, 1.807) is 18.1 Å². The fourth-order valence-electron chi connectivity index (χ4n) is 4.40. The molecule has 2 aromatic carbocycles. The molecule has 1 saturated heterocycles. The first-order chi connectivity index (χ1) is 15.1. The highest BCUT2D eigenvalue weighted by Crippen LogP contribution is 2.25. The van der Waals surface area contributed by atoms with E-state index in [4.69, 9.17) is 5.73 Å². The molecule has 0 bridgehead atoms. The molecule has 0 aliphatic carbocycles. The van der Waals surface area contributed by atoms with Gasteiger partial charge in [-0.15, -0.1) is 0 Å². The van der Waals surface area contributed by atoms with E-state index in [0.717, 1.165) is 43.3 Å². The molecule has 0 unspecified atom stereocenters. The number of hydrogen-bond acceptors (Lipinski definition) is 3. The van der Waals surface area contributed by atoms with Gasteiger partial charge in [-0.25, -0.2) is 0 Å². The lowest BCUT2D eigenvalue weighted by atomic mass is 9.90. The number of amides is 2. The number of aromatic amines is 1. The standard InChI is InChI=1S/C25H30N4O2/c1-28(14-11-26)25(31)22-17-27-23-8-7-20(16-21(22)23)24(30)29-12-9-19(10-13-29)15-18-5-3-2-4-6-18/h2-8,16-17,19,27H,9-15,26H2,1H3. The molecular formula is C25H30N4O2. The first-order valence-electron chi connectivity index (χ1n) is 11.0. The molecule has 31 heavy (non-hydrogen) atoms. The number of nitrogens with zero attached hydrogens (tertiary/aromatic N) is 2. The molecule has 3 aromatic rings. The van der Waals surface area contributed by atoms with Crippen LogP contribution < -0.4 is 5.73 Å². The van der Waals surface area contributed by atoms with E-state index < -0.39 is 0 Å². The third-order valence-electron chi connectivity index (χ3n) is 6.24. The van der Waals surface area contributed by atoms with Crippen LogP contribution in [0.4, 0.5) is 0 Å². The van der Waals surface area contributed by atoms with Crippen molar-refractivity contribution in [1.82, 2.24) is 14.8 Å². The number of benzene rings is 2. The van der Waals surface area contributed by atoms with Crippen LogP contribution in [0, 0.1) is 5.92 Å². The van der Waals surface area contributed by atoms with E-state index in [2.05, 4.69) is 29.2 Å². The van der Waals surface area contributed by atoms with Gasteiger partial charge in [0, 0.05) is 55.9 Å². The average molecular weight is 419 g/mol. The first kappa shape index (κ1) is 21.1. The molecule has 0 spiro atoms. The van der Waals surface area contributed by atoms with Crippen molar-refractivity contribution >= 4 is 22.7 Å². The van der Waals surface area contributed by atoms with Crippen LogP contribution in [0.2, 0.25) is 0 Å². The third-order valence-corrected chi connectivity index (χ3v) is 6.24. The molecule has 162 valence electrons. The number of carbonyl (C=O) groups is 2. The van der Waals surface area contributed by atoms with Crippen molar-refractivity contribution in [2.75, 3.05) is 33.2 Å². The normalized spacial score (nSPS) is 14.7. The Bertz CT molecular complexity index is 1050. The van der Waals surface area contributed by atoms with Crippen molar-refractivity contribution in [2.45, 2.75) is 19.3 Å². The van der Waals surface area contributed by atoms with Crippen LogP contribution >= 0.6 is 0 Å². The Morgan fingerprint density at radius 2 is 1.87 bits per heavy atom. The average Bonchev–Trinajstić information content (AvgIpc) is 3.22. The maximum atomic E-state index is 13.2. The second-order valence-corrected chi connectivity index (χ2v) is 8.40. The quantitative estimate of drug-likeness (QED) is 0.644. The third kappa shape index (κ3) is 4.64. The smallest absolute Gasteiger partial charge is 0.255 e. The molecule has 0 atom stereocenters. The van der Waals surface area contributed by atoms with Crippen LogP contribution in [0.1, 0.15) is 39.1 Å². The minimum atomic E-state index is -0.0944. The van der Waals surface area contributed by atoms with Crippen LogP contribution in [0.25, 0.3) is 10.9 Å². The zero-order valence-corrected chi connectivity index (χ0v) is 18.0. The molecule has 6 heteroatoms. The lowest BCUT2D eigenvalue weighted by Crippen LogP contribution is -2.38. The number of likely N-dealkylation sites (tertiary alicyclic amines) is 1. The van der Waals surface area contributed by atoms with Gasteiger partial charge in [-0.3, -0.25) is 9.59 Å². The van der Waals surface area contributed by atoms with Gasteiger partial charge in [0.15, 0.2) is 0 Å². The number of carbonyl (C=O) groups excluding carboxylic acids is 2. The lowest BCUT2D eigenvalue weighted by molar-refractivity contribution is 0.0690. The summed E-state index contributed by atoms with van der Waals surface area (Å²) < 4.78 is 0. The van der Waals surface area contributed by atoms with Gasteiger partial charge in [0.05, 0.1) is 5.56 Å². The summed E-state index contributed by atoms with van der Waals surface area (Å²) in [7, 11) is 1.74. The summed E-state index contributed by atoms with van der Waals surface area (Å²) >= 11 is 0. The molecule has 1 aliphatic heterocycles. The van der Waals surface area contributed by atoms with Crippen LogP contribution in [0.5, 0.6) is 0 Å². The Labute approximate surface area is 183 Å². The van der Waals surface area contributed by atoms with Crippen molar-refractivity contribution in [2.24, 2.45) is 11.7 Å². The number of hydrogen-bond donors (Lipinski definition) is 2. The van der Waals surface area contributed by atoms with E-state index in [1.807, 2.05) is 29.2 Å². The second-order valence-electron chi connectivity index (χ2n) is 8.40. The number of piperidine rings is 1. The van der Waals surface area contributed by atoms with Gasteiger partial charge in [-0.1, -0.05) is 30.3 Å². The number of rotatable bonds is 6. The number of H-pyrrole nitrogens is 1. The molecule has 6 nitrogen and oxygen atoms in total. The Kier molecular flexibility index (Phi) is 6.37. The summed E-state index contributed by atoms with van der Waals surface area (Å²) in [5.41, 5.74) is 8.99. The number of likely N-dealkylation sites (N-methyl/N-ethyl adjacent to an activating group) is 1. The topological polar surface area (TPSA) is 82.4 Å². The van der Waals surface area contributed by atoms with Gasteiger partial charge in [0.1, 0.15) is 0 Å². The molecule has 0 radical (unpaired) electrons. The Morgan fingerprint density at radius 1 is 1.13 bits per heavy atom. The second kappa shape index (κ2) is 9.35. The van der Waals surface area contributed by atoms with Crippen molar-refractivity contribution < 1.29 is 9.59 Å². The SMILES string of the molecule is CN(CCN)C(=O)c1c[nH]c2ccc(C(=O)N3CCC(Cc4ccccc4)CC3)cc12. The molecule has 0 saturated carbocycles. The molecular weight excluding hydrogens is 388 g/mol. The first-order valence-corrected chi connectivity index (χ1v) is 11.0. The highest BCUT2D eigenvalue weighted by atomic mass is 16.2. The van der Waals surface area contributed by atoms with E-state index in [-0.39, 0.29) is 11.8 Å². The number of fused-ring (bicyclic) bond motifs is 1. The Hall–Kier alpha value is -3.12. The van der Waals surface area contributed by atoms with Crippen LogP contribution in [-0.2, 0) is 6.42 Å². The zero-order chi connectivity index (χ0) is 21.8. The maximum Gasteiger partial charge on any atom is 0.255 e. The van der Waals surface area contributed by atoms with E-state index in [9.17, 15) is 9.59 Å². The fourth-order valence-corrected chi connectivity index (χ4v) is 4.40. The van der Waals surface area contributed by atoms with E-state index >= 15 is 0 Å². The highest BCUT2D eigenvalue weighted by Gasteiger charge is 2.25. The summed E-state index contributed by atoms with van der Waals surface area (Å²) in [6, 6.07) is 16.1. The van der Waals surface area contributed by atoms with E-state index in [0.29, 0.717) is 30.1 Å². The van der Waals surface area contributed by atoms with Gasteiger partial charge in [-0.2, -0.15) is 0 Å². The molecule has 2 amide bonds. The molecule has 4 rings (SSSR count). The summed E-state index contributed by atoms with van der Waals surface area (Å²) in [6.45, 7) is 2.44. The van der Waals surface area contributed by atoms with Gasteiger partial charge in [0.2, 0.25) is 0 Å². The maximum absolute atomic E-state index is 13.2. The van der Waals surface area contributed by atoms with Gasteiger partial charge in [-0.05, 0) is 48.9 Å². The van der Waals surface area contributed by atoms with Crippen molar-refractivity contribution in [3.8, 4) is 0 Å². The molecule has 1 fully saturated rings. The monoisotopic (exact) mass is 418 g/mol. The molecule has 1 aliphatic rings. The molecule has 1 aromatic heterocycles. The van der Waals surface area contributed by atoms with Crippen molar-refractivity contribution in [3.05, 3.63) is 71.4 Å². The predicted molar refractivity (Wildman–Crippen MR) is 123 cm³/mol. The number of nitrogens with two attached hydrogens (primary N) is 1. The van der Waals surface area contributed by atoms with Gasteiger partial charge < -0.3 is 20.5 Å². The summed E-state index contributed by atoms with van der Waals surface area (Å²) in [4.78, 5) is 32.6. The summed E-state index contributed by atoms with van der Waals surface area (Å²) in [6.07, 6.45) is 4.81. The lowest BCUT2D eigenvalue weighted by Gasteiger charge is -2.32. The fraction of sp³-hybridized carbons (Fsp3) is 0.360. The summed E-state index contributed by atoms with van der Waals surface area (Å²) in [5, 5.41) is 0.777. The molecule has 3 N–H and O–H groups in total. The van der Waals surface area contributed by atoms with Crippen LogP contribution in [-0.4, -0.2) is 59.8 Å². The van der Waals surface area contributed by atoms with Crippen molar-refractivity contribution in [1.29, 1.82) is 0 Å². The van der Waals surface area contributed by atoms with Gasteiger partial charge in [0.25, 0.3) is 11.8 Å². The number of nitrogens with one attached hydrogen (secondary N) is 1. The Balaban J connectivity index is 1.44. The molecule has 2 heterocycles. The zero-order valence-electron chi connectivity index (χ0n) is 18.0.